The van der Waals surface area contributed by atoms with Gasteiger partial charge in [-0.15, -0.1) is 0 Å². The lowest BCUT2D eigenvalue weighted by Gasteiger charge is -2.42. The van der Waals surface area contributed by atoms with Crippen LogP contribution in [0, 0.1) is 0 Å². The maximum atomic E-state index is 12.4. The SMILES string of the molecule is CC(C)N1C(=O)C(C)(C)Nc2cc(Cl)ccc21. The second-order valence-electron chi connectivity index (χ2n) is 5.18. The highest BCUT2D eigenvalue weighted by Crippen LogP contribution is 2.37. The van der Waals surface area contributed by atoms with Crippen molar-refractivity contribution in [3.63, 3.8) is 0 Å². The van der Waals surface area contributed by atoms with Crippen LogP contribution >= 0.6 is 11.6 Å². The van der Waals surface area contributed by atoms with Crippen molar-refractivity contribution in [2.45, 2.75) is 39.3 Å². The molecule has 1 N–H and O–H groups in total. The number of benzene rings is 1. The minimum atomic E-state index is -0.595. The van der Waals surface area contributed by atoms with E-state index in [0.717, 1.165) is 11.4 Å². The molecule has 1 aromatic carbocycles. The fraction of sp³-hybridized carbons (Fsp3) is 0.462. The summed E-state index contributed by atoms with van der Waals surface area (Å²) in [5, 5.41) is 3.91. The Morgan fingerprint density at radius 1 is 1.35 bits per heavy atom. The van der Waals surface area contributed by atoms with Crippen LogP contribution in [0.2, 0.25) is 5.02 Å². The molecule has 0 saturated carbocycles. The maximum absolute atomic E-state index is 12.4. The van der Waals surface area contributed by atoms with Gasteiger partial charge in [0.15, 0.2) is 0 Å². The van der Waals surface area contributed by atoms with Crippen molar-refractivity contribution in [1.29, 1.82) is 0 Å². The molecule has 2 rings (SSSR count). The van der Waals surface area contributed by atoms with E-state index in [-0.39, 0.29) is 11.9 Å². The molecule has 17 heavy (non-hydrogen) atoms. The first-order valence-electron chi connectivity index (χ1n) is 5.74. The molecular weight excluding hydrogens is 236 g/mol. The van der Waals surface area contributed by atoms with Crippen LogP contribution in [-0.4, -0.2) is 17.5 Å². The van der Waals surface area contributed by atoms with Gasteiger partial charge in [0.1, 0.15) is 5.54 Å². The number of halogens is 1. The van der Waals surface area contributed by atoms with Gasteiger partial charge in [-0.05, 0) is 45.9 Å². The fourth-order valence-corrected chi connectivity index (χ4v) is 2.30. The van der Waals surface area contributed by atoms with E-state index in [4.69, 9.17) is 11.6 Å². The van der Waals surface area contributed by atoms with Crippen molar-refractivity contribution in [2.24, 2.45) is 0 Å². The first-order valence-corrected chi connectivity index (χ1v) is 6.12. The highest BCUT2D eigenvalue weighted by atomic mass is 35.5. The molecule has 1 amide bonds. The Morgan fingerprint density at radius 3 is 2.59 bits per heavy atom. The molecule has 0 bridgehead atoms. The average molecular weight is 253 g/mol. The number of fused-ring (bicyclic) bond motifs is 1. The molecule has 1 aliphatic heterocycles. The Kier molecular flexibility index (Phi) is 2.82. The van der Waals surface area contributed by atoms with Gasteiger partial charge >= 0.3 is 0 Å². The molecule has 0 spiro atoms. The topological polar surface area (TPSA) is 32.3 Å². The molecule has 0 aliphatic carbocycles. The molecule has 0 atom stereocenters. The van der Waals surface area contributed by atoms with Crippen molar-refractivity contribution in [1.82, 2.24) is 0 Å². The number of hydrogen-bond donors (Lipinski definition) is 1. The molecule has 0 fully saturated rings. The number of anilines is 2. The lowest BCUT2D eigenvalue weighted by molar-refractivity contribution is -0.122. The summed E-state index contributed by atoms with van der Waals surface area (Å²) in [5.74, 6) is 0.0855. The van der Waals surface area contributed by atoms with Gasteiger partial charge in [0.2, 0.25) is 0 Å². The van der Waals surface area contributed by atoms with E-state index in [0.29, 0.717) is 5.02 Å². The predicted octanol–water partition coefficient (Wildman–Crippen LogP) is 3.29. The van der Waals surface area contributed by atoms with Crippen molar-refractivity contribution >= 4 is 28.9 Å². The summed E-state index contributed by atoms with van der Waals surface area (Å²) in [5.41, 5.74) is 1.21. The van der Waals surface area contributed by atoms with Gasteiger partial charge in [-0.3, -0.25) is 4.79 Å². The smallest absolute Gasteiger partial charge is 0.252 e. The first-order chi connectivity index (χ1) is 7.83. The van der Waals surface area contributed by atoms with Crippen molar-refractivity contribution < 1.29 is 4.79 Å². The quantitative estimate of drug-likeness (QED) is 0.832. The lowest BCUT2D eigenvalue weighted by atomic mass is 9.97. The molecule has 0 unspecified atom stereocenters. The molecule has 0 aromatic heterocycles. The van der Waals surface area contributed by atoms with E-state index < -0.39 is 5.54 Å². The van der Waals surface area contributed by atoms with Gasteiger partial charge in [0.05, 0.1) is 11.4 Å². The third-order valence-electron chi connectivity index (χ3n) is 2.94. The van der Waals surface area contributed by atoms with Gasteiger partial charge in [0, 0.05) is 11.1 Å². The molecular formula is C13H17ClN2O. The second kappa shape index (κ2) is 3.91. The predicted molar refractivity (Wildman–Crippen MR) is 71.8 cm³/mol. The third-order valence-corrected chi connectivity index (χ3v) is 3.17. The number of nitrogens with one attached hydrogen (secondary N) is 1. The summed E-state index contributed by atoms with van der Waals surface area (Å²) in [6.45, 7) is 7.79. The Labute approximate surface area is 107 Å². The van der Waals surface area contributed by atoms with Crippen molar-refractivity contribution in [3.05, 3.63) is 23.2 Å². The zero-order valence-electron chi connectivity index (χ0n) is 10.5. The Morgan fingerprint density at radius 2 is 2.00 bits per heavy atom. The standard InChI is InChI=1S/C13H17ClN2O/c1-8(2)16-11-6-5-9(14)7-10(11)15-13(3,4)12(16)17/h5-8,15H,1-4H3. The van der Waals surface area contributed by atoms with E-state index in [1.165, 1.54) is 0 Å². The molecule has 1 heterocycles. The zero-order valence-corrected chi connectivity index (χ0v) is 11.3. The largest absolute Gasteiger partial charge is 0.370 e. The van der Waals surface area contributed by atoms with Gasteiger partial charge in [-0.25, -0.2) is 0 Å². The average Bonchev–Trinajstić information content (AvgIpc) is 2.19. The maximum Gasteiger partial charge on any atom is 0.252 e. The fourth-order valence-electron chi connectivity index (χ4n) is 2.13. The number of hydrogen-bond acceptors (Lipinski definition) is 2. The summed E-state index contributed by atoms with van der Waals surface area (Å²) in [6.07, 6.45) is 0. The lowest BCUT2D eigenvalue weighted by Crippen LogP contribution is -2.56. The minimum Gasteiger partial charge on any atom is -0.370 e. The minimum absolute atomic E-state index is 0.0855. The summed E-state index contributed by atoms with van der Waals surface area (Å²) in [6, 6.07) is 5.69. The monoisotopic (exact) mass is 252 g/mol. The summed E-state index contributed by atoms with van der Waals surface area (Å²) in [7, 11) is 0. The Bertz CT molecular complexity index is 468. The molecule has 1 aliphatic rings. The van der Waals surface area contributed by atoms with Crippen molar-refractivity contribution in [2.75, 3.05) is 10.2 Å². The van der Waals surface area contributed by atoms with Crippen LogP contribution in [0.5, 0.6) is 0 Å². The van der Waals surface area contributed by atoms with Gasteiger partial charge in [-0.1, -0.05) is 11.6 Å². The summed E-state index contributed by atoms with van der Waals surface area (Å²) >= 11 is 5.99. The van der Waals surface area contributed by atoms with Crippen LogP contribution in [-0.2, 0) is 4.79 Å². The molecule has 3 nitrogen and oxygen atoms in total. The normalized spacial score (nSPS) is 18.0. The number of carbonyl (C=O) groups excluding carboxylic acids is 1. The van der Waals surface area contributed by atoms with E-state index in [1.54, 1.807) is 0 Å². The first kappa shape index (κ1) is 12.2. The van der Waals surface area contributed by atoms with E-state index in [2.05, 4.69) is 5.32 Å². The summed E-state index contributed by atoms with van der Waals surface area (Å²) in [4.78, 5) is 14.2. The molecule has 4 heteroatoms. The van der Waals surface area contributed by atoms with Crippen LogP contribution < -0.4 is 10.2 Å². The summed E-state index contributed by atoms with van der Waals surface area (Å²) < 4.78 is 0. The van der Waals surface area contributed by atoms with E-state index in [9.17, 15) is 4.79 Å². The van der Waals surface area contributed by atoms with E-state index in [1.807, 2.05) is 50.8 Å². The number of nitrogens with zero attached hydrogens (tertiary/aromatic N) is 1. The van der Waals surface area contributed by atoms with Crippen LogP contribution in [0.15, 0.2) is 18.2 Å². The van der Waals surface area contributed by atoms with Gasteiger partial charge in [0.25, 0.3) is 5.91 Å². The van der Waals surface area contributed by atoms with Crippen LogP contribution in [0.4, 0.5) is 11.4 Å². The zero-order chi connectivity index (χ0) is 12.8. The van der Waals surface area contributed by atoms with Gasteiger partial charge in [-0.2, -0.15) is 0 Å². The molecule has 92 valence electrons. The number of amides is 1. The molecule has 1 aromatic rings. The van der Waals surface area contributed by atoms with Crippen LogP contribution in [0.25, 0.3) is 0 Å². The Balaban J connectivity index is 2.58. The Hall–Kier alpha value is -1.22. The van der Waals surface area contributed by atoms with Crippen molar-refractivity contribution in [3.8, 4) is 0 Å². The van der Waals surface area contributed by atoms with Crippen LogP contribution in [0.1, 0.15) is 27.7 Å². The number of rotatable bonds is 1. The highest BCUT2D eigenvalue weighted by Gasteiger charge is 2.39. The highest BCUT2D eigenvalue weighted by molar-refractivity contribution is 6.31. The third kappa shape index (κ3) is 2.00. The van der Waals surface area contributed by atoms with E-state index >= 15 is 0 Å². The number of carbonyl (C=O) groups is 1. The van der Waals surface area contributed by atoms with Gasteiger partial charge < -0.3 is 10.2 Å². The molecule has 0 radical (unpaired) electrons. The molecule has 0 saturated heterocycles. The second-order valence-corrected chi connectivity index (χ2v) is 5.62. The van der Waals surface area contributed by atoms with Crippen LogP contribution in [0.3, 0.4) is 0 Å².